The molecule has 0 N–H and O–H groups in total. The average molecular weight is 227 g/mol. The van der Waals surface area contributed by atoms with Crippen molar-refractivity contribution in [3.8, 4) is 0 Å². The molecule has 0 saturated carbocycles. The predicted octanol–water partition coefficient (Wildman–Crippen LogP) is 3.75. The summed E-state index contributed by atoms with van der Waals surface area (Å²) >= 11 is 0. The van der Waals surface area contributed by atoms with Crippen molar-refractivity contribution in [3.63, 3.8) is 0 Å². The van der Waals surface area contributed by atoms with Crippen LogP contribution < -0.4 is 0 Å². The molecule has 0 amide bonds. The van der Waals surface area contributed by atoms with Gasteiger partial charge in [-0.05, 0) is 30.2 Å². The minimum absolute atomic E-state index is 0.222. The second kappa shape index (κ2) is 5.39. The van der Waals surface area contributed by atoms with Crippen LogP contribution in [0.5, 0.6) is 0 Å². The molecule has 0 heterocycles. The van der Waals surface area contributed by atoms with Crippen LogP contribution in [0.1, 0.15) is 16.7 Å². The Labute approximate surface area is 101 Å². The van der Waals surface area contributed by atoms with E-state index in [1.165, 1.54) is 23.3 Å². The van der Waals surface area contributed by atoms with Crippen molar-refractivity contribution in [3.05, 3.63) is 71.0 Å². The summed E-state index contributed by atoms with van der Waals surface area (Å²) in [6, 6.07) is 14.6. The Kier molecular flexibility index (Phi) is 3.66. The third-order valence-corrected chi connectivity index (χ3v) is 2.50. The molecule has 0 fully saturated rings. The van der Waals surface area contributed by atoms with E-state index in [1.807, 2.05) is 0 Å². The minimum Gasteiger partial charge on any atom is -0.288 e. The number of aliphatic imine (C=N–C) groups is 1. The van der Waals surface area contributed by atoms with Gasteiger partial charge in [0.2, 0.25) is 0 Å². The third-order valence-electron chi connectivity index (χ3n) is 2.50. The fraction of sp³-hybridized carbons (Fsp3) is 0.133. The number of aryl methyl sites for hydroxylation is 1. The third kappa shape index (κ3) is 3.52. The number of hydrogen-bond acceptors (Lipinski definition) is 1. The van der Waals surface area contributed by atoms with Gasteiger partial charge in [0.15, 0.2) is 0 Å². The van der Waals surface area contributed by atoms with Gasteiger partial charge in [-0.25, -0.2) is 4.39 Å². The minimum atomic E-state index is -0.222. The lowest BCUT2D eigenvalue weighted by atomic mass is 10.1. The van der Waals surface area contributed by atoms with E-state index >= 15 is 0 Å². The molecule has 2 aromatic carbocycles. The van der Waals surface area contributed by atoms with Gasteiger partial charge in [0.1, 0.15) is 5.82 Å². The quantitative estimate of drug-likeness (QED) is 0.708. The smallest absolute Gasteiger partial charge is 0.123 e. The van der Waals surface area contributed by atoms with Gasteiger partial charge in [0, 0.05) is 6.21 Å². The summed E-state index contributed by atoms with van der Waals surface area (Å²) in [6.07, 6.45) is 1.76. The summed E-state index contributed by atoms with van der Waals surface area (Å²) in [5, 5.41) is 0. The lowest BCUT2D eigenvalue weighted by Crippen LogP contribution is -1.85. The molecule has 86 valence electrons. The van der Waals surface area contributed by atoms with Crippen LogP contribution >= 0.6 is 0 Å². The highest BCUT2D eigenvalue weighted by Gasteiger charge is 1.91. The molecule has 17 heavy (non-hydrogen) atoms. The highest BCUT2D eigenvalue weighted by atomic mass is 19.1. The Hall–Kier alpha value is -1.96. The highest BCUT2D eigenvalue weighted by Crippen LogP contribution is 2.05. The van der Waals surface area contributed by atoms with Crippen molar-refractivity contribution in [1.29, 1.82) is 0 Å². The SMILES string of the molecule is Cc1ccc(C/N=C/c2ccc(F)cc2)cc1. The van der Waals surface area contributed by atoms with Gasteiger partial charge in [-0.2, -0.15) is 0 Å². The number of nitrogens with zero attached hydrogens (tertiary/aromatic N) is 1. The van der Waals surface area contributed by atoms with E-state index < -0.39 is 0 Å². The van der Waals surface area contributed by atoms with Crippen molar-refractivity contribution in [2.75, 3.05) is 0 Å². The molecule has 0 atom stereocenters. The van der Waals surface area contributed by atoms with E-state index in [0.29, 0.717) is 6.54 Å². The van der Waals surface area contributed by atoms with Crippen LogP contribution in [0.2, 0.25) is 0 Å². The topological polar surface area (TPSA) is 12.4 Å². The van der Waals surface area contributed by atoms with Gasteiger partial charge in [-0.3, -0.25) is 4.99 Å². The summed E-state index contributed by atoms with van der Waals surface area (Å²) in [6.45, 7) is 2.71. The first-order valence-corrected chi connectivity index (χ1v) is 5.55. The Morgan fingerprint density at radius 3 is 2.29 bits per heavy atom. The monoisotopic (exact) mass is 227 g/mol. The highest BCUT2D eigenvalue weighted by molar-refractivity contribution is 5.79. The van der Waals surface area contributed by atoms with E-state index in [4.69, 9.17) is 0 Å². The van der Waals surface area contributed by atoms with Crippen LogP contribution in [0.3, 0.4) is 0 Å². The molecule has 0 aliphatic carbocycles. The Morgan fingerprint density at radius 1 is 1.00 bits per heavy atom. The van der Waals surface area contributed by atoms with Gasteiger partial charge < -0.3 is 0 Å². The molecule has 0 saturated heterocycles. The van der Waals surface area contributed by atoms with E-state index in [1.54, 1.807) is 18.3 Å². The molecule has 0 bridgehead atoms. The summed E-state index contributed by atoms with van der Waals surface area (Å²) in [5.41, 5.74) is 3.34. The van der Waals surface area contributed by atoms with Crippen molar-refractivity contribution >= 4 is 6.21 Å². The van der Waals surface area contributed by atoms with Crippen LogP contribution in [0.4, 0.5) is 4.39 Å². The zero-order valence-electron chi connectivity index (χ0n) is 9.73. The molecule has 0 spiro atoms. The van der Waals surface area contributed by atoms with Crippen LogP contribution in [-0.2, 0) is 6.54 Å². The van der Waals surface area contributed by atoms with Crippen LogP contribution in [-0.4, -0.2) is 6.21 Å². The maximum atomic E-state index is 12.7. The molecule has 2 rings (SSSR count). The first-order valence-electron chi connectivity index (χ1n) is 5.55. The van der Waals surface area contributed by atoms with Crippen molar-refractivity contribution in [2.45, 2.75) is 13.5 Å². The summed E-state index contributed by atoms with van der Waals surface area (Å²) in [5.74, 6) is -0.222. The van der Waals surface area contributed by atoms with Gasteiger partial charge in [-0.15, -0.1) is 0 Å². The van der Waals surface area contributed by atoms with E-state index in [9.17, 15) is 4.39 Å². The molecule has 2 aromatic rings. The van der Waals surface area contributed by atoms with Gasteiger partial charge in [0.25, 0.3) is 0 Å². The van der Waals surface area contributed by atoms with E-state index in [0.717, 1.165) is 5.56 Å². The maximum absolute atomic E-state index is 12.7. The van der Waals surface area contributed by atoms with Crippen molar-refractivity contribution in [1.82, 2.24) is 0 Å². The van der Waals surface area contributed by atoms with Crippen LogP contribution in [0.25, 0.3) is 0 Å². The van der Waals surface area contributed by atoms with Gasteiger partial charge in [0.05, 0.1) is 6.54 Å². The Balaban J connectivity index is 1.97. The number of halogens is 1. The lowest BCUT2D eigenvalue weighted by molar-refractivity contribution is 0.628. The molecule has 1 nitrogen and oxygen atoms in total. The fourth-order valence-corrected chi connectivity index (χ4v) is 1.50. The van der Waals surface area contributed by atoms with Crippen LogP contribution in [0, 0.1) is 12.7 Å². The Bertz CT molecular complexity index is 497. The van der Waals surface area contributed by atoms with Gasteiger partial charge >= 0.3 is 0 Å². The first kappa shape index (κ1) is 11.5. The standard InChI is InChI=1S/C15H14FN/c1-12-2-4-13(5-3-12)10-17-11-14-6-8-15(16)9-7-14/h2-9,11H,10H2,1H3/b17-11+. The second-order valence-electron chi connectivity index (χ2n) is 4.01. The number of hydrogen-bond donors (Lipinski definition) is 0. The Morgan fingerprint density at radius 2 is 1.65 bits per heavy atom. The zero-order valence-corrected chi connectivity index (χ0v) is 9.73. The lowest BCUT2D eigenvalue weighted by Gasteiger charge is -1.97. The average Bonchev–Trinajstić information content (AvgIpc) is 2.34. The molecule has 0 aliphatic rings. The molecular weight excluding hydrogens is 213 g/mol. The number of benzene rings is 2. The normalized spacial score (nSPS) is 10.9. The largest absolute Gasteiger partial charge is 0.288 e. The summed E-state index contributed by atoms with van der Waals surface area (Å²) in [7, 11) is 0. The molecule has 0 aliphatic heterocycles. The van der Waals surface area contributed by atoms with E-state index in [2.05, 4.69) is 36.2 Å². The fourth-order valence-electron chi connectivity index (χ4n) is 1.50. The molecular formula is C15H14FN. The summed E-state index contributed by atoms with van der Waals surface area (Å²) < 4.78 is 12.7. The molecule has 2 heteroatoms. The first-order chi connectivity index (χ1) is 8.24. The second-order valence-corrected chi connectivity index (χ2v) is 4.01. The van der Waals surface area contributed by atoms with Crippen LogP contribution in [0.15, 0.2) is 53.5 Å². The van der Waals surface area contributed by atoms with E-state index in [-0.39, 0.29) is 5.82 Å². The molecule has 0 aromatic heterocycles. The van der Waals surface area contributed by atoms with Crippen molar-refractivity contribution in [2.24, 2.45) is 4.99 Å². The van der Waals surface area contributed by atoms with Gasteiger partial charge in [-0.1, -0.05) is 42.0 Å². The molecule has 0 unspecified atom stereocenters. The van der Waals surface area contributed by atoms with Crippen molar-refractivity contribution < 1.29 is 4.39 Å². The summed E-state index contributed by atoms with van der Waals surface area (Å²) in [4.78, 5) is 4.32. The predicted molar refractivity (Wildman–Crippen MR) is 68.9 cm³/mol. The maximum Gasteiger partial charge on any atom is 0.123 e. The zero-order chi connectivity index (χ0) is 12.1. The number of rotatable bonds is 3. The molecule has 0 radical (unpaired) electrons.